The van der Waals surface area contributed by atoms with E-state index in [1.165, 1.54) is 28.2 Å². The summed E-state index contributed by atoms with van der Waals surface area (Å²) < 4.78 is 5.49. The Labute approximate surface area is 192 Å². The van der Waals surface area contributed by atoms with Gasteiger partial charge in [0.1, 0.15) is 5.75 Å². The molecule has 2 aliphatic rings. The number of fused-ring (bicyclic) bond motifs is 1. The van der Waals surface area contributed by atoms with Gasteiger partial charge in [-0.05, 0) is 53.9 Å². The summed E-state index contributed by atoms with van der Waals surface area (Å²) in [5.74, 6) is 0.677. The van der Waals surface area contributed by atoms with Crippen molar-refractivity contribution < 1.29 is 9.53 Å². The van der Waals surface area contributed by atoms with Gasteiger partial charge in [-0.1, -0.05) is 48.5 Å². The molecular formula is C26H25N3O2S. The molecule has 0 radical (unpaired) electrons. The van der Waals surface area contributed by atoms with Crippen LogP contribution in [0, 0.1) is 0 Å². The molecule has 5 rings (SSSR count). The first-order valence-corrected chi connectivity index (χ1v) is 11.8. The molecule has 162 valence electrons. The fourth-order valence-electron chi connectivity index (χ4n) is 4.13. The first kappa shape index (κ1) is 20.6. The molecule has 0 saturated carbocycles. The van der Waals surface area contributed by atoms with Gasteiger partial charge in [0.2, 0.25) is 0 Å². The fraction of sp³-hybridized carbons (Fsp3) is 0.231. The predicted molar refractivity (Wildman–Crippen MR) is 133 cm³/mol. The number of carbonyl (C=O) groups excluding carboxylic acids is 1. The van der Waals surface area contributed by atoms with Crippen LogP contribution in [-0.2, 0) is 4.79 Å². The Balaban J connectivity index is 1.24. The van der Waals surface area contributed by atoms with E-state index in [1.807, 2.05) is 37.3 Å². The summed E-state index contributed by atoms with van der Waals surface area (Å²) in [7, 11) is 0. The standard InChI is InChI=1S/C26H25N3O2S/c1-2-31-21-12-10-19(11-13-21)18-24-25(30)27-26(32-24)29-16-14-28(15-17-29)23-9-5-7-20-6-3-4-8-22(20)23/h3-13,18H,2,14-17H2,1H3. The third-order valence-corrected chi connectivity index (χ3v) is 6.80. The second-order valence-electron chi connectivity index (χ2n) is 7.78. The summed E-state index contributed by atoms with van der Waals surface area (Å²) in [6, 6.07) is 22.8. The maximum absolute atomic E-state index is 12.5. The maximum Gasteiger partial charge on any atom is 0.286 e. The Morgan fingerprint density at radius 3 is 2.44 bits per heavy atom. The molecule has 0 aromatic heterocycles. The lowest BCUT2D eigenvalue weighted by atomic mass is 10.1. The van der Waals surface area contributed by atoms with Crippen LogP contribution in [0.25, 0.3) is 16.8 Å². The zero-order chi connectivity index (χ0) is 21.9. The van der Waals surface area contributed by atoms with Crippen molar-refractivity contribution in [2.24, 2.45) is 4.99 Å². The molecule has 3 aromatic rings. The van der Waals surface area contributed by atoms with Crippen LogP contribution in [0.15, 0.2) is 76.6 Å². The molecule has 0 unspecified atom stereocenters. The van der Waals surface area contributed by atoms with Crippen molar-refractivity contribution in [1.29, 1.82) is 0 Å². The Morgan fingerprint density at radius 1 is 0.938 bits per heavy atom. The molecule has 32 heavy (non-hydrogen) atoms. The number of thioether (sulfide) groups is 1. The molecule has 0 N–H and O–H groups in total. The highest BCUT2D eigenvalue weighted by atomic mass is 32.2. The highest BCUT2D eigenvalue weighted by Gasteiger charge is 2.28. The Morgan fingerprint density at radius 2 is 1.66 bits per heavy atom. The van der Waals surface area contributed by atoms with Crippen molar-refractivity contribution in [3.63, 3.8) is 0 Å². The smallest absolute Gasteiger partial charge is 0.286 e. The summed E-state index contributed by atoms with van der Waals surface area (Å²) in [6.45, 7) is 6.10. The van der Waals surface area contributed by atoms with Gasteiger partial charge in [-0.2, -0.15) is 4.99 Å². The zero-order valence-electron chi connectivity index (χ0n) is 18.0. The van der Waals surface area contributed by atoms with Gasteiger partial charge in [0.05, 0.1) is 11.5 Å². The third-order valence-electron chi connectivity index (χ3n) is 5.76. The first-order valence-electron chi connectivity index (χ1n) is 10.9. The van der Waals surface area contributed by atoms with Gasteiger partial charge in [0.25, 0.3) is 5.91 Å². The molecule has 1 amide bonds. The summed E-state index contributed by atoms with van der Waals surface area (Å²) in [4.78, 5) is 22.2. The minimum absolute atomic E-state index is 0.157. The minimum Gasteiger partial charge on any atom is -0.494 e. The molecule has 6 heteroatoms. The minimum atomic E-state index is -0.157. The van der Waals surface area contributed by atoms with E-state index >= 15 is 0 Å². The number of hydrogen-bond acceptors (Lipinski definition) is 5. The van der Waals surface area contributed by atoms with E-state index in [2.05, 4.69) is 57.3 Å². The first-order chi connectivity index (χ1) is 15.7. The number of aliphatic imine (C=N–C) groups is 1. The number of amidine groups is 1. The van der Waals surface area contributed by atoms with E-state index < -0.39 is 0 Å². The van der Waals surface area contributed by atoms with Crippen LogP contribution in [0.1, 0.15) is 12.5 Å². The average molecular weight is 444 g/mol. The summed E-state index contributed by atoms with van der Waals surface area (Å²) >= 11 is 1.47. The van der Waals surface area contributed by atoms with Gasteiger partial charge >= 0.3 is 0 Å². The van der Waals surface area contributed by atoms with Crippen LogP contribution in [-0.4, -0.2) is 48.8 Å². The number of benzene rings is 3. The Hall–Kier alpha value is -3.25. The van der Waals surface area contributed by atoms with Gasteiger partial charge in [0.15, 0.2) is 5.17 Å². The highest BCUT2D eigenvalue weighted by molar-refractivity contribution is 8.18. The monoisotopic (exact) mass is 443 g/mol. The van der Waals surface area contributed by atoms with Gasteiger partial charge in [-0.3, -0.25) is 4.79 Å². The number of ether oxygens (including phenoxy) is 1. The lowest BCUT2D eigenvalue weighted by Gasteiger charge is -2.37. The van der Waals surface area contributed by atoms with E-state index in [9.17, 15) is 4.79 Å². The Bertz CT molecular complexity index is 1190. The lowest BCUT2D eigenvalue weighted by molar-refractivity contribution is -0.113. The number of nitrogens with zero attached hydrogens (tertiary/aromatic N) is 3. The molecule has 0 bridgehead atoms. The molecule has 2 aliphatic heterocycles. The largest absolute Gasteiger partial charge is 0.494 e. The summed E-state index contributed by atoms with van der Waals surface area (Å²) in [5.41, 5.74) is 2.25. The van der Waals surface area contributed by atoms with E-state index in [0.717, 1.165) is 42.7 Å². The van der Waals surface area contributed by atoms with E-state index in [-0.39, 0.29) is 5.91 Å². The van der Waals surface area contributed by atoms with Gasteiger partial charge in [-0.25, -0.2) is 0 Å². The maximum atomic E-state index is 12.5. The van der Waals surface area contributed by atoms with Crippen molar-refractivity contribution in [2.45, 2.75) is 6.92 Å². The summed E-state index contributed by atoms with van der Waals surface area (Å²) in [6.07, 6.45) is 1.91. The van der Waals surface area contributed by atoms with Crippen LogP contribution in [0.5, 0.6) is 5.75 Å². The normalized spacial score (nSPS) is 17.8. The molecular weight excluding hydrogens is 418 g/mol. The second-order valence-corrected chi connectivity index (χ2v) is 8.79. The van der Waals surface area contributed by atoms with E-state index in [0.29, 0.717) is 11.5 Å². The number of anilines is 1. The molecule has 2 heterocycles. The lowest BCUT2D eigenvalue weighted by Crippen LogP contribution is -2.47. The number of piperazine rings is 1. The highest BCUT2D eigenvalue weighted by Crippen LogP contribution is 2.32. The van der Waals surface area contributed by atoms with Gasteiger partial charge < -0.3 is 14.5 Å². The molecule has 3 aromatic carbocycles. The number of hydrogen-bond donors (Lipinski definition) is 0. The van der Waals surface area contributed by atoms with Crippen LogP contribution >= 0.6 is 11.8 Å². The molecule has 1 saturated heterocycles. The molecule has 5 nitrogen and oxygen atoms in total. The number of amides is 1. The van der Waals surface area contributed by atoms with Crippen molar-refractivity contribution in [2.75, 3.05) is 37.7 Å². The topological polar surface area (TPSA) is 45.1 Å². The molecule has 0 aliphatic carbocycles. The van der Waals surface area contributed by atoms with E-state index in [1.54, 1.807) is 0 Å². The second kappa shape index (κ2) is 9.09. The van der Waals surface area contributed by atoms with Crippen molar-refractivity contribution in [3.8, 4) is 5.75 Å². The third kappa shape index (κ3) is 4.23. The average Bonchev–Trinajstić information content (AvgIpc) is 3.20. The fourth-order valence-corrected chi connectivity index (χ4v) is 5.10. The molecule has 0 spiro atoms. The Kier molecular flexibility index (Phi) is 5.86. The van der Waals surface area contributed by atoms with Crippen LogP contribution in [0.2, 0.25) is 0 Å². The SMILES string of the molecule is CCOc1ccc(C=C2SC(N3CCN(c4cccc5ccccc45)CC3)=NC2=O)cc1. The quantitative estimate of drug-likeness (QED) is 0.529. The number of rotatable bonds is 4. The number of carbonyl (C=O) groups is 1. The molecule has 1 fully saturated rings. The predicted octanol–water partition coefficient (Wildman–Crippen LogP) is 5.03. The van der Waals surface area contributed by atoms with Gasteiger partial charge in [0, 0.05) is 37.3 Å². The van der Waals surface area contributed by atoms with Crippen molar-refractivity contribution in [3.05, 3.63) is 77.2 Å². The van der Waals surface area contributed by atoms with Crippen LogP contribution in [0.3, 0.4) is 0 Å². The van der Waals surface area contributed by atoms with E-state index in [4.69, 9.17) is 4.74 Å². The summed E-state index contributed by atoms with van der Waals surface area (Å²) in [5, 5.41) is 3.36. The van der Waals surface area contributed by atoms with Crippen LogP contribution in [0.4, 0.5) is 5.69 Å². The van der Waals surface area contributed by atoms with Crippen LogP contribution < -0.4 is 9.64 Å². The van der Waals surface area contributed by atoms with Crippen molar-refractivity contribution >= 4 is 45.4 Å². The van der Waals surface area contributed by atoms with Crippen molar-refractivity contribution in [1.82, 2.24) is 4.90 Å². The molecule has 0 atom stereocenters. The zero-order valence-corrected chi connectivity index (χ0v) is 18.8. The van der Waals surface area contributed by atoms with Gasteiger partial charge in [-0.15, -0.1) is 0 Å².